The zero-order valence-corrected chi connectivity index (χ0v) is 19.5. The van der Waals surface area contributed by atoms with Gasteiger partial charge in [-0.3, -0.25) is 4.79 Å². The molecular formula is C22H26N2O6S2. The highest BCUT2D eigenvalue weighted by Crippen LogP contribution is 2.27. The molecule has 10 heteroatoms. The molecule has 1 aromatic heterocycles. The standard InChI is InChI=1S/C22H26N2O6S2/c1-29-22(26)17-14-20(31-15-17)32(27,28)24-12-10-23(11-13-24)21(25)16-6-8-19(9-7-16)30-18-4-2-3-5-18/h6-9,14-15,18H,2-5,10-13H2,1H3. The van der Waals surface area contributed by atoms with Crippen LogP contribution in [0.15, 0.2) is 39.9 Å². The van der Waals surface area contributed by atoms with Crippen molar-refractivity contribution in [1.82, 2.24) is 9.21 Å². The Balaban J connectivity index is 1.35. The van der Waals surface area contributed by atoms with E-state index in [1.807, 2.05) is 12.1 Å². The van der Waals surface area contributed by atoms with Gasteiger partial charge in [0.15, 0.2) is 0 Å². The van der Waals surface area contributed by atoms with Crippen LogP contribution in [0, 0.1) is 0 Å². The maximum absolute atomic E-state index is 12.9. The Hall–Kier alpha value is -2.43. The minimum absolute atomic E-state index is 0.0931. The molecule has 0 N–H and O–H groups in total. The number of benzene rings is 1. The lowest BCUT2D eigenvalue weighted by Crippen LogP contribution is -2.50. The second kappa shape index (κ2) is 9.60. The number of nitrogens with zero attached hydrogens (tertiary/aromatic N) is 2. The van der Waals surface area contributed by atoms with Crippen LogP contribution >= 0.6 is 11.3 Å². The highest BCUT2D eigenvalue weighted by molar-refractivity contribution is 7.91. The molecular weight excluding hydrogens is 452 g/mol. The van der Waals surface area contributed by atoms with Crippen LogP contribution in [0.4, 0.5) is 0 Å². The molecule has 4 rings (SSSR count). The monoisotopic (exact) mass is 478 g/mol. The Morgan fingerprint density at radius 3 is 2.28 bits per heavy atom. The number of hydrogen-bond acceptors (Lipinski definition) is 7. The molecule has 8 nitrogen and oxygen atoms in total. The summed E-state index contributed by atoms with van der Waals surface area (Å²) in [6.45, 7) is 0.992. The summed E-state index contributed by atoms with van der Waals surface area (Å²) < 4.78 is 37.8. The lowest BCUT2D eigenvalue weighted by Gasteiger charge is -2.33. The summed E-state index contributed by atoms with van der Waals surface area (Å²) in [7, 11) is -2.47. The second-order valence-corrected chi connectivity index (χ2v) is 11.0. The van der Waals surface area contributed by atoms with Gasteiger partial charge >= 0.3 is 5.97 Å². The fourth-order valence-electron chi connectivity index (χ4n) is 3.99. The van der Waals surface area contributed by atoms with Crippen molar-refractivity contribution in [2.75, 3.05) is 33.3 Å². The van der Waals surface area contributed by atoms with Crippen LogP contribution in [0.25, 0.3) is 0 Å². The summed E-state index contributed by atoms with van der Waals surface area (Å²) >= 11 is 0.987. The molecule has 1 saturated heterocycles. The molecule has 0 bridgehead atoms. The minimum atomic E-state index is -3.72. The van der Waals surface area contributed by atoms with Gasteiger partial charge in [0.1, 0.15) is 9.96 Å². The molecule has 0 atom stereocenters. The zero-order chi connectivity index (χ0) is 22.7. The molecule has 2 aliphatic rings. The van der Waals surface area contributed by atoms with E-state index in [1.54, 1.807) is 17.0 Å². The summed E-state index contributed by atoms with van der Waals surface area (Å²) in [5, 5.41) is 1.47. The summed E-state index contributed by atoms with van der Waals surface area (Å²) in [5.41, 5.74) is 0.770. The molecule has 2 heterocycles. The van der Waals surface area contributed by atoms with Gasteiger partial charge in [-0.15, -0.1) is 11.3 Å². The number of rotatable bonds is 6. The first kappa shape index (κ1) is 22.8. The van der Waals surface area contributed by atoms with Crippen LogP contribution in [0.1, 0.15) is 46.4 Å². The molecule has 0 spiro atoms. The average Bonchev–Trinajstić information content (AvgIpc) is 3.51. The third-order valence-corrected chi connectivity index (χ3v) is 9.14. The number of amides is 1. The Bertz CT molecular complexity index is 1070. The first-order chi connectivity index (χ1) is 15.4. The lowest BCUT2D eigenvalue weighted by molar-refractivity contribution is 0.0600. The van der Waals surface area contributed by atoms with Crippen LogP contribution in [-0.4, -0.2) is 68.9 Å². The largest absolute Gasteiger partial charge is 0.490 e. The predicted octanol–water partition coefficient (Wildman–Crippen LogP) is 3.00. The van der Waals surface area contributed by atoms with Gasteiger partial charge in [0.2, 0.25) is 0 Å². The Morgan fingerprint density at radius 2 is 1.66 bits per heavy atom. The molecule has 0 radical (unpaired) electrons. The van der Waals surface area contributed by atoms with Gasteiger partial charge in [0.05, 0.1) is 18.8 Å². The first-order valence-corrected chi connectivity index (χ1v) is 12.9. The van der Waals surface area contributed by atoms with E-state index in [0.29, 0.717) is 18.7 Å². The van der Waals surface area contributed by atoms with Gasteiger partial charge in [-0.05, 0) is 56.0 Å². The predicted molar refractivity (Wildman–Crippen MR) is 120 cm³/mol. The number of carbonyl (C=O) groups excluding carboxylic acids is 2. The molecule has 2 fully saturated rings. The van der Waals surface area contributed by atoms with Crippen molar-refractivity contribution in [3.63, 3.8) is 0 Å². The van der Waals surface area contributed by atoms with Gasteiger partial charge in [0, 0.05) is 37.1 Å². The van der Waals surface area contributed by atoms with Crippen molar-refractivity contribution >= 4 is 33.2 Å². The average molecular weight is 479 g/mol. The van der Waals surface area contributed by atoms with Gasteiger partial charge in [0.25, 0.3) is 15.9 Å². The third-order valence-electron chi connectivity index (χ3n) is 5.82. The molecule has 1 aliphatic carbocycles. The number of ether oxygens (including phenoxy) is 2. The van der Waals surface area contributed by atoms with E-state index in [2.05, 4.69) is 4.74 Å². The van der Waals surface area contributed by atoms with Crippen LogP contribution in [0.3, 0.4) is 0 Å². The van der Waals surface area contributed by atoms with E-state index in [9.17, 15) is 18.0 Å². The van der Waals surface area contributed by atoms with Crippen molar-refractivity contribution in [2.45, 2.75) is 36.0 Å². The number of carbonyl (C=O) groups is 2. The van der Waals surface area contributed by atoms with Crippen molar-refractivity contribution in [3.05, 3.63) is 46.8 Å². The van der Waals surface area contributed by atoms with E-state index in [-0.39, 0.29) is 34.9 Å². The Labute approximate surface area is 191 Å². The van der Waals surface area contributed by atoms with Gasteiger partial charge in [-0.2, -0.15) is 4.31 Å². The molecule has 32 heavy (non-hydrogen) atoms. The molecule has 1 aliphatic heterocycles. The van der Waals surface area contributed by atoms with E-state index < -0.39 is 16.0 Å². The normalized spacial score (nSPS) is 18.0. The highest BCUT2D eigenvalue weighted by Gasteiger charge is 2.32. The third kappa shape index (κ3) is 4.82. The maximum Gasteiger partial charge on any atom is 0.338 e. The quantitative estimate of drug-likeness (QED) is 0.593. The molecule has 2 aromatic rings. The molecule has 1 aromatic carbocycles. The summed E-state index contributed by atoms with van der Waals surface area (Å²) in [5.74, 6) is 0.0722. The number of thiophene rings is 1. The van der Waals surface area contributed by atoms with Crippen LogP contribution in [-0.2, 0) is 14.8 Å². The number of hydrogen-bond donors (Lipinski definition) is 0. The minimum Gasteiger partial charge on any atom is -0.490 e. The maximum atomic E-state index is 12.9. The summed E-state index contributed by atoms with van der Waals surface area (Å²) in [6, 6.07) is 8.49. The van der Waals surface area contributed by atoms with Crippen LogP contribution in [0.5, 0.6) is 5.75 Å². The molecule has 1 saturated carbocycles. The van der Waals surface area contributed by atoms with E-state index in [4.69, 9.17) is 4.74 Å². The number of sulfonamides is 1. The van der Waals surface area contributed by atoms with E-state index >= 15 is 0 Å². The Morgan fingerprint density at radius 1 is 1.00 bits per heavy atom. The van der Waals surface area contributed by atoms with Crippen molar-refractivity contribution < 1.29 is 27.5 Å². The van der Waals surface area contributed by atoms with Gasteiger partial charge in [-0.25, -0.2) is 13.2 Å². The highest BCUT2D eigenvalue weighted by atomic mass is 32.2. The van der Waals surface area contributed by atoms with E-state index in [0.717, 1.165) is 29.9 Å². The van der Waals surface area contributed by atoms with Gasteiger partial charge < -0.3 is 14.4 Å². The molecule has 0 unspecified atom stereocenters. The number of piperazine rings is 1. The Kier molecular flexibility index (Phi) is 6.82. The second-order valence-electron chi connectivity index (χ2n) is 7.89. The first-order valence-electron chi connectivity index (χ1n) is 10.6. The SMILES string of the molecule is COC(=O)c1csc(S(=O)(=O)N2CCN(C(=O)c3ccc(OC4CCCC4)cc3)CC2)c1. The summed E-state index contributed by atoms with van der Waals surface area (Å²) in [4.78, 5) is 26.1. The van der Waals surface area contributed by atoms with Crippen LogP contribution in [0.2, 0.25) is 0 Å². The van der Waals surface area contributed by atoms with Crippen LogP contribution < -0.4 is 4.74 Å². The lowest BCUT2D eigenvalue weighted by atomic mass is 10.1. The molecule has 1 amide bonds. The van der Waals surface area contributed by atoms with Crippen molar-refractivity contribution in [1.29, 1.82) is 0 Å². The van der Waals surface area contributed by atoms with Gasteiger partial charge in [-0.1, -0.05) is 0 Å². The smallest absolute Gasteiger partial charge is 0.338 e. The molecule has 172 valence electrons. The van der Waals surface area contributed by atoms with Crippen molar-refractivity contribution in [3.8, 4) is 5.75 Å². The summed E-state index contributed by atoms with van der Waals surface area (Å²) in [6.07, 6.45) is 4.80. The fourth-order valence-corrected chi connectivity index (χ4v) is 6.72. The number of esters is 1. The van der Waals surface area contributed by atoms with E-state index in [1.165, 1.54) is 35.7 Å². The zero-order valence-electron chi connectivity index (χ0n) is 17.9. The topological polar surface area (TPSA) is 93.2 Å². The fraction of sp³-hybridized carbons (Fsp3) is 0.455. The number of methoxy groups -OCH3 is 1. The van der Waals surface area contributed by atoms with Crippen molar-refractivity contribution in [2.24, 2.45) is 0 Å².